The smallest absolute Gasteiger partial charge is 0.313 e. The third kappa shape index (κ3) is 5.98. The summed E-state index contributed by atoms with van der Waals surface area (Å²) in [5.74, 6) is -1.83. The van der Waals surface area contributed by atoms with Crippen LogP contribution in [0.3, 0.4) is 0 Å². The van der Waals surface area contributed by atoms with Gasteiger partial charge in [-0.2, -0.15) is 0 Å². The van der Waals surface area contributed by atoms with Crippen molar-refractivity contribution in [1.82, 2.24) is 10.2 Å². The standard InChI is InChI=1S/C25H29FN4O4/c26-19-9-7-18(8-10-19)22(29-12-14-34-15-13-29)17-27-24(32)25(33)28-20-4-3-5-21(16-20)30-11-2-1-6-23(30)31/h3-5,7-10,16,22H,1-2,6,11-15,17H2,(H,27,32)(H,28,33). The van der Waals surface area contributed by atoms with Crippen molar-refractivity contribution in [3.63, 3.8) is 0 Å². The Morgan fingerprint density at radius 3 is 2.50 bits per heavy atom. The lowest BCUT2D eigenvalue weighted by atomic mass is 10.0. The van der Waals surface area contributed by atoms with Crippen LogP contribution in [0.15, 0.2) is 48.5 Å². The highest BCUT2D eigenvalue weighted by Gasteiger charge is 2.25. The van der Waals surface area contributed by atoms with Crippen LogP contribution in [0.25, 0.3) is 0 Å². The number of halogens is 1. The van der Waals surface area contributed by atoms with Gasteiger partial charge in [0.25, 0.3) is 0 Å². The third-order valence-corrected chi connectivity index (χ3v) is 6.14. The molecule has 4 rings (SSSR count). The molecule has 0 bridgehead atoms. The molecule has 1 atom stereocenters. The van der Waals surface area contributed by atoms with Crippen LogP contribution in [0.1, 0.15) is 30.9 Å². The van der Waals surface area contributed by atoms with Gasteiger partial charge in [-0.15, -0.1) is 0 Å². The fourth-order valence-electron chi connectivity index (χ4n) is 4.32. The van der Waals surface area contributed by atoms with E-state index in [1.165, 1.54) is 12.1 Å². The first-order chi connectivity index (χ1) is 16.5. The van der Waals surface area contributed by atoms with E-state index in [0.717, 1.165) is 18.4 Å². The highest BCUT2D eigenvalue weighted by molar-refractivity contribution is 6.39. The SMILES string of the molecule is O=C(NCC(c1ccc(F)cc1)N1CCOCC1)C(=O)Nc1cccc(N2CCCCC2=O)c1. The third-order valence-electron chi connectivity index (χ3n) is 6.14. The van der Waals surface area contributed by atoms with Gasteiger partial charge in [0.1, 0.15) is 5.82 Å². The number of morpholine rings is 1. The summed E-state index contributed by atoms with van der Waals surface area (Å²) in [6, 6.07) is 12.9. The minimum Gasteiger partial charge on any atom is -0.379 e. The summed E-state index contributed by atoms with van der Waals surface area (Å²) < 4.78 is 18.8. The van der Waals surface area contributed by atoms with Crippen LogP contribution in [0.5, 0.6) is 0 Å². The normalized spacial score (nSPS) is 17.8. The molecule has 0 saturated carbocycles. The summed E-state index contributed by atoms with van der Waals surface area (Å²) in [5, 5.41) is 5.32. The molecule has 1 unspecified atom stereocenters. The molecule has 2 fully saturated rings. The molecule has 3 amide bonds. The number of carbonyl (C=O) groups excluding carboxylic acids is 3. The summed E-state index contributed by atoms with van der Waals surface area (Å²) in [4.78, 5) is 41.2. The number of ether oxygens (including phenoxy) is 1. The minimum atomic E-state index is -0.790. The second-order valence-electron chi connectivity index (χ2n) is 8.43. The van der Waals surface area contributed by atoms with Gasteiger partial charge in [0.05, 0.1) is 19.3 Å². The van der Waals surface area contributed by atoms with E-state index in [4.69, 9.17) is 4.74 Å². The lowest BCUT2D eigenvalue weighted by Gasteiger charge is -2.34. The minimum absolute atomic E-state index is 0.0578. The Balaban J connectivity index is 1.38. The molecule has 9 heteroatoms. The summed E-state index contributed by atoms with van der Waals surface area (Å²) in [7, 11) is 0. The first-order valence-corrected chi connectivity index (χ1v) is 11.6. The maximum atomic E-state index is 13.4. The maximum Gasteiger partial charge on any atom is 0.313 e. The first-order valence-electron chi connectivity index (χ1n) is 11.6. The van der Waals surface area contributed by atoms with Gasteiger partial charge in [0.15, 0.2) is 0 Å². The Labute approximate surface area is 198 Å². The van der Waals surface area contributed by atoms with Crippen LogP contribution in [-0.4, -0.2) is 62.0 Å². The molecule has 0 aromatic heterocycles. The van der Waals surface area contributed by atoms with Crippen molar-refractivity contribution in [2.45, 2.75) is 25.3 Å². The molecule has 2 saturated heterocycles. The van der Waals surface area contributed by atoms with E-state index in [0.29, 0.717) is 50.6 Å². The van der Waals surface area contributed by atoms with Crippen molar-refractivity contribution in [3.8, 4) is 0 Å². The van der Waals surface area contributed by atoms with Crippen molar-refractivity contribution in [1.29, 1.82) is 0 Å². The number of hydrogen-bond donors (Lipinski definition) is 2. The topological polar surface area (TPSA) is 91.0 Å². The highest BCUT2D eigenvalue weighted by Crippen LogP contribution is 2.24. The molecule has 2 aliphatic rings. The molecule has 180 valence electrons. The molecule has 0 aliphatic carbocycles. The molecular formula is C25H29FN4O4. The van der Waals surface area contributed by atoms with Crippen molar-refractivity contribution >= 4 is 29.1 Å². The van der Waals surface area contributed by atoms with Crippen molar-refractivity contribution in [3.05, 3.63) is 59.9 Å². The predicted octanol–water partition coefficient (Wildman–Crippen LogP) is 2.47. The van der Waals surface area contributed by atoms with Gasteiger partial charge in [-0.05, 0) is 48.7 Å². The molecule has 2 aromatic carbocycles. The Morgan fingerprint density at radius 2 is 1.76 bits per heavy atom. The van der Waals surface area contributed by atoms with E-state index in [2.05, 4.69) is 15.5 Å². The summed E-state index contributed by atoms with van der Waals surface area (Å²) in [6.07, 6.45) is 2.33. The molecule has 2 aliphatic heterocycles. The van der Waals surface area contributed by atoms with Crippen molar-refractivity contribution < 1.29 is 23.5 Å². The van der Waals surface area contributed by atoms with Gasteiger partial charge in [0.2, 0.25) is 5.91 Å². The predicted molar refractivity (Wildman–Crippen MR) is 126 cm³/mol. The van der Waals surface area contributed by atoms with Crippen LogP contribution in [0, 0.1) is 5.82 Å². The zero-order valence-electron chi connectivity index (χ0n) is 19.0. The van der Waals surface area contributed by atoms with Crippen molar-refractivity contribution in [2.75, 3.05) is 49.6 Å². The average Bonchev–Trinajstić information content (AvgIpc) is 2.86. The molecule has 8 nitrogen and oxygen atoms in total. The molecule has 34 heavy (non-hydrogen) atoms. The Kier molecular flexibility index (Phi) is 7.87. The largest absolute Gasteiger partial charge is 0.379 e. The number of rotatable bonds is 6. The number of benzene rings is 2. The number of amides is 3. The highest BCUT2D eigenvalue weighted by atomic mass is 19.1. The average molecular weight is 469 g/mol. The lowest BCUT2D eigenvalue weighted by Crippen LogP contribution is -2.45. The summed E-state index contributed by atoms with van der Waals surface area (Å²) in [6.45, 7) is 3.32. The van der Waals surface area contributed by atoms with Crippen LogP contribution >= 0.6 is 0 Å². The molecule has 0 radical (unpaired) electrons. The zero-order valence-corrected chi connectivity index (χ0v) is 19.0. The molecule has 2 N–H and O–H groups in total. The number of carbonyl (C=O) groups is 3. The number of nitrogens with one attached hydrogen (secondary N) is 2. The molecule has 0 spiro atoms. The van der Waals surface area contributed by atoms with Gasteiger partial charge in [0, 0.05) is 44.0 Å². The first kappa shape index (κ1) is 23.8. The van der Waals surface area contributed by atoms with Crippen LogP contribution in [-0.2, 0) is 19.1 Å². The van der Waals surface area contributed by atoms with Crippen LogP contribution in [0.4, 0.5) is 15.8 Å². The molecule has 2 aromatic rings. The van der Waals surface area contributed by atoms with E-state index in [9.17, 15) is 18.8 Å². The zero-order chi connectivity index (χ0) is 23.9. The Morgan fingerprint density at radius 1 is 1.00 bits per heavy atom. The van der Waals surface area contributed by atoms with Gasteiger partial charge in [-0.3, -0.25) is 19.3 Å². The van der Waals surface area contributed by atoms with Gasteiger partial charge in [-0.25, -0.2) is 4.39 Å². The number of anilines is 2. The number of nitrogens with zero attached hydrogens (tertiary/aromatic N) is 2. The maximum absolute atomic E-state index is 13.4. The van der Waals surface area contributed by atoms with E-state index in [-0.39, 0.29) is 24.3 Å². The fraction of sp³-hybridized carbons (Fsp3) is 0.400. The van der Waals surface area contributed by atoms with E-state index < -0.39 is 11.8 Å². The fourth-order valence-corrected chi connectivity index (χ4v) is 4.32. The number of hydrogen-bond acceptors (Lipinski definition) is 5. The van der Waals surface area contributed by atoms with Gasteiger partial charge < -0.3 is 20.3 Å². The Bertz CT molecular complexity index is 1020. The van der Waals surface area contributed by atoms with E-state index in [1.807, 2.05) is 6.07 Å². The summed E-state index contributed by atoms with van der Waals surface area (Å²) >= 11 is 0. The van der Waals surface area contributed by atoms with Gasteiger partial charge in [-0.1, -0.05) is 18.2 Å². The molecule has 2 heterocycles. The quantitative estimate of drug-likeness (QED) is 0.636. The lowest BCUT2D eigenvalue weighted by molar-refractivity contribution is -0.136. The monoisotopic (exact) mass is 468 g/mol. The van der Waals surface area contributed by atoms with Crippen LogP contribution in [0.2, 0.25) is 0 Å². The Hall–Kier alpha value is -3.30. The van der Waals surface area contributed by atoms with Crippen LogP contribution < -0.4 is 15.5 Å². The van der Waals surface area contributed by atoms with Gasteiger partial charge >= 0.3 is 11.8 Å². The second kappa shape index (κ2) is 11.2. The van der Waals surface area contributed by atoms with E-state index >= 15 is 0 Å². The molecular weight excluding hydrogens is 439 g/mol. The second-order valence-corrected chi connectivity index (χ2v) is 8.43. The summed E-state index contributed by atoms with van der Waals surface area (Å²) in [5.41, 5.74) is 1.99. The number of piperidine rings is 1. The van der Waals surface area contributed by atoms with E-state index in [1.54, 1.807) is 35.2 Å². The van der Waals surface area contributed by atoms with Crippen molar-refractivity contribution in [2.24, 2.45) is 0 Å².